The molecule has 0 aliphatic carbocycles. The van der Waals surface area contributed by atoms with Crippen molar-refractivity contribution >= 4 is 0 Å². The van der Waals surface area contributed by atoms with E-state index in [1.54, 1.807) is 7.11 Å². The average molecular weight is 213 g/mol. The molecule has 1 N–H and O–H groups in total. The number of hydrogen-bond acceptors (Lipinski definition) is 4. The molecule has 0 saturated carbocycles. The van der Waals surface area contributed by atoms with Crippen molar-refractivity contribution in [2.24, 2.45) is 0 Å². The van der Waals surface area contributed by atoms with E-state index in [2.05, 4.69) is 5.32 Å². The van der Waals surface area contributed by atoms with Crippen molar-refractivity contribution in [2.75, 3.05) is 27.4 Å². The van der Waals surface area contributed by atoms with Crippen molar-refractivity contribution in [1.82, 2.24) is 5.32 Å². The van der Waals surface area contributed by atoms with Gasteiger partial charge in [-0.15, -0.1) is 0 Å². The minimum atomic E-state index is 0.508. The molecule has 0 saturated heterocycles. The molecule has 4 heteroatoms. The highest BCUT2D eigenvalue weighted by molar-refractivity contribution is 5.19. The van der Waals surface area contributed by atoms with Crippen LogP contribution < -0.4 is 5.32 Å². The summed E-state index contributed by atoms with van der Waals surface area (Å²) in [6, 6.07) is 2.01. The molecule has 0 aromatic carbocycles. The van der Waals surface area contributed by atoms with Crippen molar-refractivity contribution in [3.63, 3.8) is 0 Å². The van der Waals surface area contributed by atoms with E-state index in [-0.39, 0.29) is 0 Å². The number of hydrogen-bond donors (Lipinski definition) is 1. The van der Waals surface area contributed by atoms with E-state index in [1.165, 1.54) is 0 Å². The van der Waals surface area contributed by atoms with Gasteiger partial charge in [0.2, 0.25) is 0 Å². The highest BCUT2D eigenvalue weighted by Crippen LogP contribution is 2.15. The Morgan fingerprint density at radius 1 is 1.40 bits per heavy atom. The first-order valence-corrected chi connectivity index (χ1v) is 5.07. The molecule has 15 heavy (non-hydrogen) atoms. The highest BCUT2D eigenvalue weighted by atomic mass is 16.5. The monoisotopic (exact) mass is 213 g/mol. The van der Waals surface area contributed by atoms with Gasteiger partial charge >= 0.3 is 0 Å². The van der Waals surface area contributed by atoms with Crippen LogP contribution in [0.2, 0.25) is 0 Å². The van der Waals surface area contributed by atoms with Gasteiger partial charge in [-0.1, -0.05) is 0 Å². The van der Waals surface area contributed by atoms with Gasteiger partial charge in [0, 0.05) is 7.11 Å². The second-order valence-electron chi connectivity index (χ2n) is 3.39. The Balaban J connectivity index is 2.37. The van der Waals surface area contributed by atoms with Crippen molar-refractivity contribution < 1.29 is 13.9 Å². The average Bonchev–Trinajstić information content (AvgIpc) is 2.55. The molecule has 0 spiro atoms. The molecule has 0 bridgehead atoms. The van der Waals surface area contributed by atoms with Gasteiger partial charge in [0.05, 0.1) is 19.8 Å². The summed E-state index contributed by atoms with van der Waals surface area (Å²) in [5.74, 6) is 1.84. The quantitative estimate of drug-likeness (QED) is 0.697. The summed E-state index contributed by atoms with van der Waals surface area (Å²) < 4.78 is 15.9. The third-order valence-corrected chi connectivity index (χ3v) is 2.09. The lowest BCUT2D eigenvalue weighted by Crippen LogP contribution is -2.04. The van der Waals surface area contributed by atoms with Crippen LogP contribution in [0.3, 0.4) is 0 Å². The van der Waals surface area contributed by atoms with Gasteiger partial charge in [-0.3, -0.25) is 0 Å². The van der Waals surface area contributed by atoms with Gasteiger partial charge in [-0.2, -0.15) is 0 Å². The fraction of sp³-hybridized carbons (Fsp3) is 0.636. The molecule has 0 atom stereocenters. The fourth-order valence-corrected chi connectivity index (χ4v) is 1.31. The number of nitrogens with one attached hydrogen (secondary N) is 1. The predicted octanol–water partition coefficient (Wildman–Crippen LogP) is 1.47. The lowest BCUT2D eigenvalue weighted by atomic mass is 10.2. The second-order valence-corrected chi connectivity index (χ2v) is 3.39. The number of furan rings is 1. The Hall–Kier alpha value is -0.840. The summed E-state index contributed by atoms with van der Waals surface area (Å²) in [5, 5.41) is 3.06. The predicted molar refractivity (Wildman–Crippen MR) is 57.7 cm³/mol. The molecule has 1 aromatic rings. The van der Waals surface area contributed by atoms with Gasteiger partial charge in [0.15, 0.2) is 0 Å². The molecule has 0 aliphatic rings. The van der Waals surface area contributed by atoms with E-state index in [1.807, 2.05) is 20.0 Å². The van der Waals surface area contributed by atoms with E-state index < -0.39 is 0 Å². The standard InChI is InChI=1S/C11H19NO3/c1-9-6-10(8-14-5-4-13-3)15-11(9)7-12-2/h6,12H,4-5,7-8H2,1-3H3. The molecule has 0 aliphatic heterocycles. The summed E-state index contributed by atoms with van der Waals surface area (Å²) in [6.07, 6.45) is 0. The van der Waals surface area contributed by atoms with Crippen molar-refractivity contribution in [1.29, 1.82) is 0 Å². The maximum absolute atomic E-state index is 5.61. The summed E-state index contributed by atoms with van der Waals surface area (Å²) in [7, 11) is 3.56. The first-order chi connectivity index (χ1) is 7.27. The third-order valence-electron chi connectivity index (χ3n) is 2.09. The summed E-state index contributed by atoms with van der Waals surface area (Å²) in [6.45, 7) is 4.51. The molecule has 1 rings (SSSR count). The second kappa shape index (κ2) is 6.61. The Kier molecular flexibility index (Phi) is 5.39. The van der Waals surface area contributed by atoms with Gasteiger partial charge in [0.1, 0.15) is 18.1 Å². The van der Waals surface area contributed by atoms with Crippen molar-refractivity contribution in [2.45, 2.75) is 20.1 Å². The molecule has 0 amide bonds. The van der Waals surface area contributed by atoms with E-state index in [0.29, 0.717) is 19.8 Å². The first kappa shape index (κ1) is 12.2. The molecular weight excluding hydrogens is 194 g/mol. The molecule has 0 fully saturated rings. The van der Waals surface area contributed by atoms with Crippen LogP contribution in [0.5, 0.6) is 0 Å². The molecule has 86 valence electrons. The largest absolute Gasteiger partial charge is 0.462 e. The zero-order valence-corrected chi connectivity index (χ0v) is 9.63. The topological polar surface area (TPSA) is 43.6 Å². The molecule has 1 aromatic heterocycles. The number of aryl methyl sites for hydroxylation is 1. The Morgan fingerprint density at radius 2 is 2.20 bits per heavy atom. The van der Waals surface area contributed by atoms with Gasteiger partial charge in [-0.25, -0.2) is 0 Å². The SMILES string of the molecule is CNCc1oc(COCCOC)cc1C. The number of rotatable bonds is 7. The molecule has 4 nitrogen and oxygen atoms in total. The van der Waals surface area contributed by atoms with Gasteiger partial charge in [0.25, 0.3) is 0 Å². The lowest BCUT2D eigenvalue weighted by Gasteiger charge is -2.00. The van der Waals surface area contributed by atoms with Crippen LogP contribution >= 0.6 is 0 Å². The van der Waals surface area contributed by atoms with Crippen LogP contribution in [0.15, 0.2) is 10.5 Å². The van der Waals surface area contributed by atoms with Crippen LogP contribution in [-0.2, 0) is 22.6 Å². The van der Waals surface area contributed by atoms with Crippen LogP contribution in [0.1, 0.15) is 17.1 Å². The van der Waals surface area contributed by atoms with E-state index in [0.717, 1.165) is 23.6 Å². The lowest BCUT2D eigenvalue weighted by molar-refractivity contribution is 0.0533. The molecule has 0 radical (unpaired) electrons. The Labute approximate surface area is 90.6 Å². The molecule has 0 unspecified atom stereocenters. The zero-order valence-electron chi connectivity index (χ0n) is 9.63. The third kappa shape index (κ3) is 4.03. The summed E-state index contributed by atoms with van der Waals surface area (Å²) >= 11 is 0. The van der Waals surface area contributed by atoms with Crippen molar-refractivity contribution in [3.8, 4) is 0 Å². The normalized spacial score (nSPS) is 10.9. The zero-order chi connectivity index (χ0) is 11.1. The number of ether oxygens (including phenoxy) is 2. The summed E-state index contributed by atoms with van der Waals surface area (Å²) in [4.78, 5) is 0. The van der Waals surface area contributed by atoms with Gasteiger partial charge < -0.3 is 19.2 Å². The molecular formula is C11H19NO3. The van der Waals surface area contributed by atoms with Crippen LogP contribution in [0.4, 0.5) is 0 Å². The van der Waals surface area contributed by atoms with Crippen LogP contribution in [0, 0.1) is 6.92 Å². The van der Waals surface area contributed by atoms with Crippen LogP contribution in [0.25, 0.3) is 0 Å². The highest BCUT2D eigenvalue weighted by Gasteiger charge is 2.06. The van der Waals surface area contributed by atoms with E-state index in [9.17, 15) is 0 Å². The minimum absolute atomic E-state index is 0.508. The fourth-order valence-electron chi connectivity index (χ4n) is 1.31. The maximum Gasteiger partial charge on any atom is 0.130 e. The summed E-state index contributed by atoms with van der Waals surface area (Å²) in [5.41, 5.74) is 1.16. The van der Waals surface area contributed by atoms with Gasteiger partial charge in [-0.05, 0) is 25.6 Å². The number of methoxy groups -OCH3 is 1. The first-order valence-electron chi connectivity index (χ1n) is 5.07. The minimum Gasteiger partial charge on any atom is -0.462 e. The van der Waals surface area contributed by atoms with Crippen molar-refractivity contribution in [3.05, 3.63) is 23.2 Å². The van der Waals surface area contributed by atoms with Crippen LogP contribution in [-0.4, -0.2) is 27.4 Å². The molecule has 1 heterocycles. The Morgan fingerprint density at radius 3 is 2.87 bits per heavy atom. The smallest absolute Gasteiger partial charge is 0.130 e. The van der Waals surface area contributed by atoms with E-state index in [4.69, 9.17) is 13.9 Å². The van der Waals surface area contributed by atoms with E-state index >= 15 is 0 Å². The Bertz CT molecular complexity index is 283. The maximum atomic E-state index is 5.61.